The Hall–Kier alpha value is -0.890. The quantitative estimate of drug-likeness (QED) is 0.756. The minimum absolute atomic E-state index is 0.191. The molecule has 0 radical (unpaired) electrons. The van der Waals surface area contributed by atoms with E-state index in [1.807, 2.05) is 31.2 Å². The zero-order valence-electron chi connectivity index (χ0n) is 7.92. The normalized spacial score (nSPS) is 12.2. The van der Waals surface area contributed by atoms with Crippen LogP contribution in [0.15, 0.2) is 30.3 Å². The number of allylic oxidation sites excluding steroid dienone is 1. The van der Waals surface area contributed by atoms with E-state index in [0.29, 0.717) is 5.56 Å². The molecule has 76 valence electrons. The summed E-state index contributed by atoms with van der Waals surface area (Å²) in [4.78, 5) is 17.5. The van der Waals surface area contributed by atoms with Crippen molar-refractivity contribution in [2.75, 3.05) is 0 Å². The van der Waals surface area contributed by atoms with Crippen LogP contribution in [0.25, 0.3) is 6.08 Å². The van der Waals surface area contributed by atoms with Gasteiger partial charge in [-0.1, -0.05) is 36.4 Å². The van der Waals surface area contributed by atoms with Gasteiger partial charge < -0.3 is 9.79 Å². The summed E-state index contributed by atoms with van der Waals surface area (Å²) in [6.07, 6.45) is 3.66. The molecule has 0 aliphatic heterocycles. The van der Waals surface area contributed by atoms with Crippen LogP contribution in [0.4, 0.5) is 0 Å². The molecule has 0 aliphatic rings. The van der Waals surface area contributed by atoms with Crippen LogP contribution in [0.5, 0.6) is 0 Å². The number of hydrogen-bond acceptors (Lipinski definition) is 1. The molecule has 0 aromatic heterocycles. The SMILES string of the molecule is C/C=C/c1ccc(CP(=O)(O)O)cc1. The van der Waals surface area contributed by atoms with E-state index in [0.717, 1.165) is 5.56 Å². The Bertz CT molecular complexity index is 361. The largest absolute Gasteiger partial charge is 0.329 e. The molecular weight excluding hydrogens is 199 g/mol. The van der Waals surface area contributed by atoms with E-state index < -0.39 is 7.60 Å². The second-order valence-corrected chi connectivity index (χ2v) is 4.71. The first-order chi connectivity index (χ1) is 6.51. The minimum atomic E-state index is -3.94. The molecule has 1 aromatic rings. The third-order valence-corrected chi connectivity index (χ3v) is 2.50. The van der Waals surface area contributed by atoms with Crippen molar-refractivity contribution in [3.05, 3.63) is 41.5 Å². The Balaban J connectivity index is 2.79. The van der Waals surface area contributed by atoms with Crippen LogP contribution in [0.1, 0.15) is 18.1 Å². The zero-order chi connectivity index (χ0) is 10.6. The first-order valence-electron chi connectivity index (χ1n) is 4.27. The van der Waals surface area contributed by atoms with Crippen LogP contribution < -0.4 is 0 Å². The lowest BCUT2D eigenvalue weighted by atomic mass is 10.1. The summed E-state index contributed by atoms with van der Waals surface area (Å²) < 4.78 is 10.7. The van der Waals surface area contributed by atoms with Crippen molar-refractivity contribution in [2.45, 2.75) is 13.1 Å². The summed E-state index contributed by atoms with van der Waals surface area (Å²) in [6.45, 7) is 1.92. The van der Waals surface area contributed by atoms with E-state index in [4.69, 9.17) is 9.79 Å². The molecule has 2 N–H and O–H groups in total. The lowest BCUT2D eigenvalue weighted by molar-refractivity contribution is 0.371. The fourth-order valence-corrected chi connectivity index (χ4v) is 1.85. The van der Waals surface area contributed by atoms with Gasteiger partial charge in [0.15, 0.2) is 0 Å². The summed E-state index contributed by atoms with van der Waals surface area (Å²) in [5.74, 6) is 0. The van der Waals surface area contributed by atoms with Gasteiger partial charge in [0.25, 0.3) is 0 Å². The van der Waals surface area contributed by atoms with Gasteiger partial charge in [0.2, 0.25) is 0 Å². The molecule has 1 rings (SSSR count). The van der Waals surface area contributed by atoms with Crippen molar-refractivity contribution in [1.29, 1.82) is 0 Å². The molecule has 0 unspecified atom stereocenters. The van der Waals surface area contributed by atoms with Gasteiger partial charge in [-0.05, 0) is 18.1 Å². The molecule has 0 saturated heterocycles. The molecule has 0 amide bonds. The highest BCUT2D eigenvalue weighted by atomic mass is 31.2. The standard InChI is InChI=1S/C10H13O3P/c1-2-3-9-4-6-10(7-5-9)8-14(11,12)13/h2-7H,8H2,1H3,(H2,11,12,13)/b3-2+. The van der Waals surface area contributed by atoms with Crippen molar-refractivity contribution in [1.82, 2.24) is 0 Å². The molecule has 0 spiro atoms. The van der Waals surface area contributed by atoms with Crippen LogP contribution >= 0.6 is 7.60 Å². The molecule has 0 bridgehead atoms. The van der Waals surface area contributed by atoms with Gasteiger partial charge in [-0.2, -0.15) is 0 Å². The van der Waals surface area contributed by atoms with E-state index in [1.165, 1.54) is 0 Å². The van der Waals surface area contributed by atoms with Crippen molar-refractivity contribution in [3.8, 4) is 0 Å². The zero-order valence-corrected chi connectivity index (χ0v) is 8.82. The maximum Gasteiger partial charge on any atom is 0.329 e. The Morgan fingerprint density at radius 2 is 1.86 bits per heavy atom. The van der Waals surface area contributed by atoms with Gasteiger partial charge in [0, 0.05) is 0 Å². The van der Waals surface area contributed by atoms with Crippen LogP contribution in [0, 0.1) is 0 Å². The Morgan fingerprint density at radius 1 is 1.29 bits per heavy atom. The lowest BCUT2D eigenvalue weighted by Gasteiger charge is -2.03. The predicted octanol–water partition coefficient (Wildman–Crippen LogP) is 2.40. The van der Waals surface area contributed by atoms with Crippen LogP contribution in [0.2, 0.25) is 0 Å². The lowest BCUT2D eigenvalue weighted by Crippen LogP contribution is -1.86. The molecule has 0 aliphatic carbocycles. The van der Waals surface area contributed by atoms with Crippen molar-refractivity contribution in [3.63, 3.8) is 0 Å². The van der Waals surface area contributed by atoms with E-state index in [9.17, 15) is 4.57 Å². The third kappa shape index (κ3) is 3.88. The van der Waals surface area contributed by atoms with Crippen LogP contribution in [-0.2, 0) is 10.7 Å². The van der Waals surface area contributed by atoms with Gasteiger partial charge in [0.05, 0.1) is 6.16 Å². The van der Waals surface area contributed by atoms with Gasteiger partial charge in [-0.15, -0.1) is 0 Å². The van der Waals surface area contributed by atoms with Gasteiger partial charge in [0.1, 0.15) is 0 Å². The fourth-order valence-electron chi connectivity index (χ4n) is 1.16. The average molecular weight is 212 g/mol. The second kappa shape index (κ2) is 4.56. The average Bonchev–Trinajstić information content (AvgIpc) is 2.06. The van der Waals surface area contributed by atoms with Crippen molar-refractivity contribution >= 4 is 13.7 Å². The Kier molecular flexibility index (Phi) is 3.64. The number of rotatable bonds is 3. The number of hydrogen-bond donors (Lipinski definition) is 2. The molecule has 0 fully saturated rings. The second-order valence-electron chi connectivity index (χ2n) is 3.06. The molecule has 1 aromatic carbocycles. The highest BCUT2D eigenvalue weighted by Gasteiger charge is 2.13. The maximum absolute atomic E-state index is 10.7. The highest BCUT2D eigenvalue weighted by molar-refractivity contribution is 7.50. The van der Waals surface area contributed by atoms with Crippen molar-refractivity contribution in [2.24, 2.45) is 0 Å². The molecule has 0 saturated carbocycles. The fraction of sp³-hybridized carbons (Fsp3) is 0.200. The van der Waals surface area contributed by atoms with Gasteiger partial charge >= 0.3 is 7.60 Å². The van der Waals surface area contributed by atoms with Gasteiger partial charge in [-0.25, -0.2) is 0 Å². The van der Waals surface area contributed by atoms with Gasteiger partial charge in [-0.3, -0.25) is 4.57 Å². The summed E-state index contributed by atoms with van der Waals surface area (Å²) in [7, 11) is -3.94. The van der Waals surface area contributed by atoms with Crippen LogP contribution in [-0.4, -0.2) is 9.79 Å². The summed E-state index contributed by atoms with van der Waals surface area (Å²) in [5, 5.41) is 0. The molecule has 14 heavy (non-hydrogen) atoms. The van der Waals surface area contributed by atoms with E-state index >= 15 is 0 Å². The van der Waals surface area contributed by atoms with E-state index in [1.54, 1.807) is 12.1 Å². The van der Waals surface area contributed by atoms with Crippen molar-refractivity contribution < 1.29 is 14.4 Å². The molecule has 3 nitrogen and oxygen atoms in total. The molecule has 0 atom stereocenters. The summed E-state index contributed by atoms with van der Waals surface area (Å²) in [6, 6.07) is 7.14. The molecular formula is C10H13O3P. The summed E-state index contributed by atoms with van der Waals surface area (Å²) >= 11 is 0. The van der Waals surface area contributed by atoms with E-state index in [2.05, 4.69) is 0 Å². The first-order valence-corrected chi connectivity index (χ1v) is 6.07. The highest BCUT2D eigenvalue weighted by Crippen LogP contribution is 2.38. The molecule has 0 heterocycles. The monoisotopic (exact) mass is 212 g/mol. The summed E-state index contributed by atoms with van der Waals surface area (Å²) in [5.41, 5.74) is 1.69. The minimum Gasteiger partial charge on any atom is -0.324 e. The maximum atomic E-state index is 10.7. The van der Waals surface area contributed by atoms with Crippen LogP contribution in [0.3, 0.4) is 0 Å². The third-order valence-electron chi connectivity index (χ3n) is 1.73. The van der Waals surface area contributed by atoms with E-state index in [-0.39, 0.29) is 6.16 Å². The topological polar surface area (TPSA) is 57.5 Å². The smallest absolute Gasteiger partial charge is 0.324 e. The molecule has 4 heteroatoms. The number of benzene rings is 1. The first kappa shape index (κ1) is 11.2. The Labute approximate surface area is 83.3 Å². The predicted molar refractivity (Wildman–Crippen MR) is 56.9 cm³/mol. The Morgan fingerprint density at radius 3 is 2.29 bits per heavy atom.